The number of rotatable bonds is 5. The van der Waals surface area contributed by atoms with Gasteiger partial charge in [0.2, 0.25) is 5.91 Å². The van der Waals surface area contributed by atoms with Crippen molar-refractivity contribution >= 4 is 17.5 Å². The molecule has 0 radical (unpaired) electrons. The molecule has 2 saturated heterocycles. The number of anilines is 2. The van der Waals surface area contributed by atoms with Crippen LogP contribution in [0.25, 0.3) is 0 Å². The Hall–Kier alpha value is -2.64. The summed E-state index contributed by atoms with van der Waals surface area (Å²) in [5.41, 5.74) is 1.94. The van der Waals surface area contributed by atoms with Gasteiger partial charge in [0, 0.05) is 51.3 Å². The Bertz CT molecular complexity index is 830. The average molecular weight is 413 g/mol. The Balaban J connectivity index is 1.26. The molecule has 0 aromatic carbocycles. The van der Waals surface area contributed by atoms with Gasteiger partial charge in [-0.25, -0.2) is 0 Å². The topological polar surface area (TPSA) is 78.6 Å². The maximum atomic E-state index is 12.6. The van der Waals surface area contributed by atoms with Gasteiger partial charge in [0.1, 0.15) is 5.76 Å². The molecule has 0 aliphatic carbocycles. The predicted molar refractivity (Wildman–Crippen MR) is 116 cm³/mol. The van der Waals surface area contributed by atoms with Crippen LogP contribution in [0.4, 0.5) is 11.6 Å². The molecule has 1 amide bonds. The number of aromatic nitrogens is 3. The van der Waals surface area contributed by atoms with Crippen LogP contribution in [0, 0.1) is 19.8 Å². The highest BCUT2D eigenvalue weighted by Crippen LogP contribution is 2.22. The number of amides is 1. The van der Waals surface area contributed by atoms with E-state index in [2.05, 4.69) is 44.2 Å². The van der Waals surface area contributed by atoms with Crippen LogP contribution in [-0.4, -0.2) is 65.4 Å². The van der Waals surface area contributed by atoms with E-state index in [1.807, 2.05) is 18.7 Å². The van der Waals surface area contributed by atoms with E-state index in [0.717, 1.165) is 60.8 Å². The van der Waals surface area contributed by atoms with Crippen molar-refractivity contribution in [1.82, 2.24) is 20.3 Å². The number of nitrogens with zero attached hydrogens (tertiary/aromatic N) is 6. The largest absolute Gasteiger partial charge is 0.361 e. The van der Waals surface area contributed by atoms with E-state index >= 15 is 0 Å². The number of carbonyl (C=O) groups is 1. The summed E-state index contributed by atoms with van der Waals surface area (Å²) in [4.78, 5) is 19.1. The highest BCUT2D eigenvalue weighted by atomic mass is 16.5. The molecule has 0 unspecified atom stereocenters. The van der Waals surface area contributed by atoms with Gasteiger partial charge in [-0.15, -0.1) is 10.2 Å². The summed E-state index contributed by atoms with van der Waals surface area (Å²) < 4.78 is 5.19. The van der Waals surface area contributed by atoms with E-state index in [1.165, 1.54) is 12.8 Å². The van der Waals surface area contributed by atoms with Gasteiger partial charge in [0.15, 0.2) is 11.6 Å². The van der Waals surface area contributed by atoms with Gasteiger partial charge in [0.05, 0.1) is 5.69 Å². The molecule has 0 bridgehead atoms. The third kappa shape index (κ3) is 4.57. The summed E-state index contributed by atoms with van der Waals surface area (Å²) in [6.45, 7) is 11.3. The number of hydrogen-bond acceptors (Lipinski definition) is 7. The van der Waals surface area contributed by atoms with Crippen molar-refractivity contribution in [3.05, 3.63) is 29.2 Å². The van der Waals surface area contributed by atoms with Gasteiger partial charge < -0.3 is 19.2 Å². The minimum atomic E-state index is 0.190. The summed E-state index contributed by atoms with van der Waals surface area (Å²) >= 11 is 0. The molecule has 2 aromatic rings. The first-order valence-corrected chi connectivity index (χ1v) is 11.0. The van der Waals surface area contributed by atoms with Crippen LogP contribution in [-0.2, 0) is 11.2 Å². The van der Waals surface area contributed by atoms with Crippen LogP contribution in [0.1, 0.15) is 43.2 Å². The van der Waals surface area contributed by atoms with Crippen LogP contribution < -0.4 is 9.80 Å². The molecule has 8 heteroatoms. The smallest absolute Gasteiger partial charge is 0.223 e. The van der Waals surface area contributed by atoms with Gasteiger partial charge >= 0.3 is 0 Å². The Morgan fingerprint density at radius 2 is 1.60 bits per heavy atom. The normalized spacial score (nSPS) is 18.2. The zero-order valence-corrected chi connectivity index (χ0v) is 18.3. The van der Waals surface area contributed by atoms with Gasteiger partial charge in [0.25, 0.3) is 0 Å². The van der Waals surface area contributed by atoms with Crippen molar-refractivity contribution < 1.29 is 9.32 Å². The first kappa shape index (κ1) is 20.6. The monoisotopic (exact) mass is 412 g/mol. The van der Waals surface area contributed by atoms with Crippen LogP contribution in [0.3, 0.4) is 0 Å². The molecule has 30 heavy (non-hydrogen) atoms. The highest BCUT2D eigenvalue weighted by Gasteiger charge is 2.23. The lowest BCUT2D eigenvalue weighted by Crippen LogP contribution is -2.49. The van der Waals surface area contributed by atoms with E-state index in [4.69, 9.17) is 4.52 Å². The quantitative estimate of drug-likeness (QED) is 0.747. The summed E-state index contributed by atoms with van der Waals surface area (Å²) in [7, 11) is 0. The second kappa shape index (κ2) is 9.02. The van der Waals surface area contributed by atoms with Gasteiger partial charge in [-0.1, -0.05) is 12.1 Å². The summed E-state index contributed by atoms with van der Waals surface area (Å²) in [5.74, 6) is 3.67. The molecule has 0 N–H and O–H groups in total. The molecule has 2 aliphatic heterocycles. The zero-order chi connectivity index (χ0) is 21.1. The minimum Gasteiger partial charge on any atom is -0.361 e. The lowest BCUT2D eigenvalue weighted by molar-refractivity contribution is -0.131. The van der Waals surface area contributed by atoms with Crippen molar-refractivity contribution in [2.24, 2.45) is 5.92 Å². The fourth-order valence-corrected chi connectivity index (χ4v) is 4.33. The number of hydrogen-bond donors (Lipinski definition) is 0. The van der Waals surface area contributed by atoms with Crippen LogP contribution in [0.5, 0.6) is 0 Å². The number of carbonyl (C=O) groups excluding carboxylic acids is 1. The Morgan fingerprint density at radius 1 is 1.00 bits per heavy atom. The minimum absolute atomic E-state index is 0.190. The Kier molecular flexibility index (Phi) is 6.20. The molecule has 162 valence electrons. The van der Waals surface area contributed by atoms with E-state index in [9.17, 15) is 4.79 Å². The number of piperazine rings is 1. The lowest BCUT2D eigenvalue weighted by Gasteiger charge is -2.35. The summed E-state index contributed by atoms with van der Waals surface area (Å²) in [5, 5.41) is 12.9. The molecular formula is C22H32N6O2. The first-order valence-electron chi connectivity index (χ1n) is 11.0. The molecule has 2 aromatic heterocycles. The summed E-state index contributed by atoms with van der Waals surface area (Å²) in [6, 6.07) is 4.15. The van der Waals surface area contributed by atoms with E-state index in [1.54, 1.807) is 0 Å². The predicted octanol–water partition coefficient (Wildman–Crippen LogP) is 2.60. The standard InChI is InChI=1S/C22H32N6O2/c1-16-8-10-26(11-9-16)20-5-6-21(24-23-20)27-12-14-28(15-13-27)22(29)7-4-19-17(2)25-30-18(19)3/h5-6,16H,4,7-15H2,1-3H3. The fraction of sp³-hybridized carbons (Fsp3) is 0.636. The zero-order valence-electron chi connectivity index (χ0n) is 18.3. The molecule has 4 rings (SSSR count). The molecular weight excluding hydrogens is 380 g/mol. The SMILES string of the molecule is Cc1noc(C)c1CCC(=O)N1CCN(c2ccc(N3CCC(C)CC3)nn2)CC1. The van der Waals surface area contributed by atoms with E-state index < -0.39 is 0 Å². The summed E-state index contributed by atoms with van der Waals surface area (Å²) in [6.07, 6.45) is 3.61. The fourth-order valence-electron chi connectivity index (χ4n) is 4.33. The maximum absolute atomic E-state index is 12.6. The second-order valence-corrected chi connectivity index (χ2v) is 8.59. The second-order valence-electron chi connectivity index (χ2n) is 8.59. The van der Waals surface area contributed by atoms with Gasteiger partial charge in [-0.2, -0.15) is 0 Å². The van der Waals surface area contributed by atoms with Crippen molar-refractivity contribution in [2.75, 3.05) is 49.1 Å². The maximum Gasteiger partial charge on any atom is 0.223 e. The Morgan fingerprint density at radius 3 is 2.13 bits per heavy atom. The first-order chi connectivity index (χ1) is 14.5. The van der Waals surface area contributed by atoms with Gasteiger partial charge in [-0.3, -0.25) is 4.79 Å². The highest BCUT2D eigenvalue weighted by molar-refractivity contribution is 5.76. The molecule has 0 saturated carbocycles. The van der Waals surface area contributed by atoms with E-state index in [0.29, 0.717) is 25.9 Å². The van der Waals surface area contributed by atoms with Crippen molar-refractivity contribution in [1.29, 1.82) is 0 Å². The molecule has 0 spiro atoms. The third-order valence-electron chi connectivity index (χ3n) is 6.47. The molecule has 8 nitrogen and oxygen atoms in total. The number of aryl methyl sites for hydroxylation is 2. The van der Waals surface area contributed by atoms with Crippen molar-refractivity contribution in [3.63, 3.8) is 0 Å². The lowest BCUT2D eigenvalue weighted by atomic mass is 9.99. The van der Waals surface area contributed by atoms with Crippen LogP contribution in [0.15, 0.2) is 16.7 Å². The Labute approximate surface area is 178 Å². The van der Waals surface area contributed by atoms with E-state index in [-0.39, 0.29) is 5.91 Å². The van der Waals surface area contributed by atoms with Gasteiger partial charge in [-0.05, 0) is 51.2 Å². The molecule has 2 fully saturated rings. The van der Waals surface area contributed by atoms with Crippen LogP contribution in [0.2, 0.25) is 0 Å². The molecule has 0 atom stereocenters. The van der Waals surface area contributed by atoms with Crippen molar-refractivity contribution in [3.8, 4) is 0 Å². The van der Waals surface area contributed by atoms with Crippen LogP contribution >= 0.6 is 0 Å². The average Bonchev–Trinajstić information content (AvgIpc) is 3.10. The molecule has 2 aliphatic rings. The third-order valence-corrected chi connectivity index (χ3v) is 6.47. The molecule has 4 heterocycles. The van der Waals surface area contributed by atoms with Crippen molar-refractivity contribution in [2.45, 2.75) is 46.5 Å². The number of piperidine rings is 1.